The van der Waals surface area contributed by atoms with Crippen LogP contribution >= 0.6 is 15.9 Å². The molecule has 0 amide bonds. The van der Waals surface area contributed by atoms with Crippen LogP contribution in [0.25, 0.3) is 5.69 Å². The Morgan fingerprint density at radius 2 is 2.05 bits per heavy atom. The molecule has 21 heavy (non-hydrogen) atoms. The highest BCUT2D eigenvalue weighted by Crippen LogP contribution is 2.24. The smallest absolute Gasteiger partial charge is 0.341 e. The standard InChI is InChI=1S/C15H16BrFN2O2/c1-9-12(16)5-11(17)6-13(9)19-8-10(7-18-19)14(20)21-15(2,3)4/h5-8H,1-4H3. The molecule has 0 aliphatic heterocycles. The summed E-state index contributed by atoms with van der Waals surface area (Å²) < 4.78 is 20.9. The van der Waals surface area contributed by atoms with Crippen LogP contribution in [0.4, 0.5) is 4.39 Å². The fourth-order valence-corrected chi connectivity index (χ4v) is 2.19. The van der Waals surface area contributed by atoms with Gasteiger partial charge in [-0.3, -0.25) is 0 Å². The predicted octanol–water partition coefficient (Wildman–Crippen LogP) is 4.04. The maximum absolute atomic E-state index is 13.5. The maximum Gasteiger partial charge on any atom is 0.341 e. The van der Waals surface area contributed by atoms with Crippen molar-refractivity contribution in [2.75, 3.05) is 0 Å². The number of nitrogens with zero attached hydrogens (tertiary/aromatic N) is 2. The molecule has 0 bridgehead atoms. The van der Waals surface area contributed by atoms with Crippen LogP contribution in [-0.4, -0.2) is 21.4 Å². The third-order valence-corrected chi connectivity index (χ3v) is 3.57. The Bertz CT molecular complexity index is 689. The number of aromatic nitrogens is 2. The van der Waals surface area contributed by atoms with E-state index in [4.69, 9.17) is 4.74 Å². The maximum atomic E-state index is 13.5. The molecule has 4 nitrogen and oxygen atoms in total. The lowest BCUT2D eigenvalue weighted by atomic mass is 10.2. The molecule has 2 aromatic rings. The van der Waals surface area contributed by atoms with E-state index < -0.39 is 11.6 Å². The van der Waals surface area contributed by atoms with Crippen molar-refractivity contribution < 1.29 is 13.9 Å². The average molecular weight is 355 g/mol. The molecule has 0 saturated heterocycles. The topological polar surface area (TPSA) is 44.1 Å². The first-order valence-electron chi connectivity index (χ1n) is 6.41. The summed E-state index contributed by atoms with van der Waals surface area (Å²) in [5, 5.41) is 4.11. The van der Waals surface area contributed by atoms with Crippen LogP contribution in [0.5, 0.6) is 0 Å². The normalized spacial score (nSPS) is 11.5. The molecule has 0 atom stereocenters. The van der Waals surface area contributed by atoms with E-state index in [9.17, 15) is 9.18 Å². The van der Waals surface area contributed by atoms with Gasteiger partial charge in [0.2, 0.25) is 0 Å². The van der Waals surface area contributed by atoms with E-state index in [1.807, 2.05) is 6.92 Å². The van der Waals surface area contributed by atoms with Gasteiger partial charge in [-0.05, 0) is 45.4 Å². The Morgan fingerprint density at radius 1 is 1.38 bits per heavy atom. The highest BCUT2D eigenvalue weighted by atomic mass is 79.9. The molecule has 0 radical (unpaired) electrons. The summed E-state index contributed by atoms with van der Waals surface area (Å²) in [5.41, 5.74) is 1.15. The number of hydrogen-bond acceptors (Lipinski definition) is 3. The molecule has 0 fully saturated rings. The Morgan fingerprint density at radius 3 is 2.67 bits per heavy atom. The molecule has 1 heterocycles. The predicted molar refractivity (Wildman–Crippen MR) is 81.1 cm³/mol. The quantitative estimate of drug-likeness (QED) is 0.764. The van der Waals surface area contributed by atoms with Crippen molar-refractivity contribution in [1.29, 1.82) is 0 Å². The fourth-order valence-electron chi connectivity index (χ4n) is 1.77. The highest BCUT2D eigenvalue weighted by molar-refractivity contribution is 9.10. The van der Waals surface area contributed by atoms with Crippen molar-refractivity contribution in [2.45, 2.75) is 33.3 Å². The minimum Gasteiger partial charge on any atom is -0.456 e. The van der Waals surface area contributed by atoms with E-state index in [1.165, 1.54) is 29.2 Å². The van der Waals surface area contributed by atoms with Gasteiger partial charge in [-0.2, -0.15) is 5.10 Å². The van der Waals surface area contributed by atoms with Crippen molar-refractivity contribution in [3.8, 4) is 5.69 Å². The zero-order valence-electron chi connectivity index (χ0n) is 12.3. The number of halogens is 2. The minimum atomic E-state index is -0.572. The van der Waals surface area contributed by atoms with E-state index in [0.717, 1.165) is 5.56 Å². The second-order valence-corrected chi connectivity index (χ2v) is 6.56. The Kier molecular flexibility index (Phi) is 4.18. The molecule has 112 valence electrons. The van der Waals surface area contributed by atoms with Crippen molar-refractivity contribution in [3.63, 3.8) is 0 Å². The Balaban J connectivity index is 2.35. The van der Waals surface area contributed by atoms with Crippen molar-refractivity contribution in [3.05, 3.63) is 45.9 Å². The molecule has 0 saturated carbocycles. The molecular weight excluding hydrogens is 339 g/mol. The summed E-state index contributed by atoms with van der Waals surface area (Å²) in [6.07, 6.45) is 2.94. The SMILES string of the molecule is Cc1c(Br)cc(F)cc1-n1cc(C(=O)OC(C)(C)C)cn1. The second kappa shape index (κ2) is 5.60. The first kappa shape index (κ1) is 15.7. The van der Waals surface area contributed by atoms with E-state index >= 15 is 0 Å². The average Bonchev–Trinajstić information content (AvgIpc) is 2.81. The van der Waals surface area contributed by atoms with Crippen LogP contribution in [-0.2, 0) is 4.74 Å². The van der Waals surface area contributed by atoms with E-state index in [2.05, 4.69) is 21.0 Å². The molecule has 0 aliphatic rings. The van der Waals surface area contributed by atoms with Gasteiger partial charge < -0.3 is 4.74 Å². The lowest BCUT2D eigenvalue weighted by molar-refractivity contribution is 0.00695. The summed E-state index contributed by atoms with van der Waals surface area (Å²) in [4.78, 5) is 12.0. The summed E-state index contributed by atoms with van der Waals surface area (Å²) in [5.74, 6) is -0.835. The van der Waals surface area contributed by atoms with Gasteiger partial charge in [0.1, 0.15) is 11.4 Å². The third kappa shape index (κ3) is 3.69. The number of esters is 1. The molecule has 1 aromatic carbocycles. The molecular formula is C15H16BrFN2O2. The lowest BCUT2D eigenvalue weighted by Crippen LogP contribution is -2.23. The zero-order valence-corrected chi connectivity index (χ0v) is 13.9. The van der Waals surface area contributed by atoms with Gasteiger partial charge in [-0.1, -0.05) is 15.9 Å². The van der Waals surface area contributed by atoms with Crippen molar-refractivity contribution in [2.24, 2.45) is 0 Å². The summed E-state index contributed by atoms with van der Waals surface area (Å²) >= 11 is 3.30. The third-order valence-electron chi connectivity index (χ3n) is 2.75. The molecule has 0 aliphatic carbocycles. The van der Waals surface area contributed by atoms with Gasteiger partial charge in [0.25, 0.3) is 0 Å². The number of rotatable bonds is 2. The largest absolute Gasteiger partial charge is 0.456 e. The second-order valence-electron chi connectivity index (χ2n) is 5.71. The van der Waals surface area contributed by atoms with Gasteiger partial charge in [0.15, 0.2) is 0 Å². The molecule has 0 N–H and O–H groups in total. The van der Waals surface area contributed by atoms with Gasteiger partial charge >= 0.3 is 5.97 Å². The molecule has 0 unspecified atom stereocenters. The van der Waals surface area contributed by atoms with Crippen LogP contribution in [0.15, 0.2) is 29.0 Å². The number of hydrogen-bond donors (Lipinski definition) is 0. The van der Waals surface area contributed by atoms with Crippen molar-refractivity contribution in [1.82, 2.24) is 9.78 Å². The van der Waals surface area contributed by atoms with Gasteiger partial charge in [-0.15, -0.1) is 0 Å². The van der Waals surface area contributed by atoms with Gasteiger partial charge in [0.05, 0.1) is 17.4 Å². The number of carbonyl (C=O) groups excluding carboxylic acids is 1. The van der Waals surface area contributed by atoms with Crippen LogP contribution in [0.1, 0.15) is 36.7 Å². The minimum absolute atomic E-state index is 0.324. The summed E-state index contributed by atoms with van der Waals surface area (Å²) in [6.45, 7) is 7.23. The van der Waals surface area contributed by atoms with Crippen LogP contribution in [0, 0.1) is 12.7 Å². The Hall–Kier alpha value is -1.69. The molecule has 2 rings (SSSR count). The van der Waals surface area contributed by atoms with Crippen LogP contribution in [0.2, 0.25) is 0 Å². The van der Waals surface area contributed by atoms with E-state index in [-0.39, 0.29) is 5.82 Å². The van der Waals surface area contributed by atoms with E-state index in [0.29, 0.717) is 15.7 Å². The first-order valence-corrected chi connectivity index (χ1v) is 7.21. The molecule has 1 aromatic heterocycles. The zero-order chi connectivity index (χ0) is 15.8. The van der Waals surface area contributed by atoms with Crippen LogP contribution < -0.4 is 0 Å². The summed E-state index contributed by atoms with van der Waals surface area (Å²) in [6, 6.07) is 2.75. The summed E-state index contributed by atoms with van der Waals surface area (Å²) in [7, 11) is 0. The van der Waals surface area contributed by atoms with Gasteiger partial charge in [0, 0.05) is 10.7 Å². The monoisotopic (exact) mass is 354 g/mol. The van der Waals surface area contributed by atoms with Crippen LogP contribution in [0.3, 0.4) is 0 Å². The number of benzene rings is 1. The Labute approximate surface area is 131 Å². The lowest BCUT2D eigenvalue weighted by Gasteiger charge is -2.18. The number of carbonyl (C=O) groups is 1. The molecule has 0 spiro atoms. The first-order chi connectivity index (χ1) is 9.67. The number of ether oxygens (including phenoxy) is 1. The fraction of sp³-hybridized carbons (Fsp3) is 0.333. The molecule has 6 heteroatoms. The van der Waals surface area contributed by atoms with Gasteiger partial charge in [-0.25, -0.2) is 13.9 Å². The van der Waals surface area contributed by atoms with Crippen molar-refractivity contribution >= 4 is 21.9 Å². The highest BCUT2D eigenvalue weighted by Gasteiger charge is 2.20. The van der Waals surface area contributed by atoms with E-state index in [1.54, 1.807) is 20.8 Å².